The number of nitrogens with zero attached hydrogens (tertiary/aromatic N) is 1. The first-order valence-corrected chi connectivity index (χ1v) is 5.88. The molecule has 0 saturated carbocycles. The lowest BCUT2D eigenvalue weighted by atomic mass is 10.1. The van der Waals surface area contributed by atoms with Crippen molar-refractivity contribution in [2.24, 2.45) is 5.73 Å². The Morgan fingerprint density at radius 2 is 2.16 bits per heavy atom. The third-order valence-corrected chi connectivity index (χ3v) is 2.76. The van der Waals surface area contributed by atoms with Gasteiger partial charge in [0.2, 0.25) is 5.91 Å². The molecule has 1 heterocycles. The van der Waals surface area contributed by atoms with Crippen molar-refractivity contribution < 1.29 is 9.59 Å². The van der Waals surface area contributed by atoms with Crippen LogP contribution in [0.25, 0.3) is 0 Å². The standard InChI is InChI=1S/C14H15N3O2/c1-10(18)11-4-2-6-13(8-11)16-17-7-3-5-12(9-17)14(15)19/h2-8,16H,9H2,1H3,(H2,15,19). The molecular weight excluding hydrogens is 242 g/mol. The fourth-order valence-corrected chi connectivity index (χ4v) is 1.76. The van der Waals surface area contributed by atoms with Crippen LogP contribution in [-0.2, 0) is 4.79 Å². The molecule has 3 N–H and O–H groups in total. The first-order valence-electron chi connectivity index (χ1n) is 5.88. The summed E-state index contributed by atoms with van der Waals surface area (Å²) in [5.41, 5.74) is 10.3. The van der Waals surface area contributed by atoms with Crippen molar-refractivity contribution in [3.8, 4) is 0 Å². The van der Waals surface area contributed by atoms with E-state index in [1.54, 1.807) is 41.6 Å². The number of ketones is 1. The lowest BCUT2D eigenvalue weighted by Gasteiger charge is -2.25. The van der Waals surface area contributed by atoms with Gasteiger partial charge in [-0.2, -0.15) is 0 Å². The molecule has 98 valence electrons. The average Bonchev–Trinajstić information content (AvgIpc) is 2.39. The molecular formula is C14H15N3O2. The van der Waals surface area contributed by atoms with Crippen molar-refractivity contribution in [2.45, 2.75) is 6.92 Å². The molecule has 0 spiro atoms. The van der Waals surface area contributed by atoms with Crippen LogP contribution in [0.5, 0.6) is 0 Å². The molecule has 1 aliphatic rings. The number of nitrogens with two attached hydrogens (primary N) is 1. The van der Waals surface area contributed by atoms with Gasteiger partial charge in [-0.25, -0.2) is 0 Å². The van der Waals surface area contributed by atoms with Gasteiger partial charge in [0.05, 0.1) is 12.2 Å². The van der Waals surface area contributed by atoms with Crippen LogP contribution >= 0.6 is 0 Å². The number of nitrogens with one attached hydrogen (secondary N) is 1. The van der Waals surface area contributed by atoms with Gasteiger partial charge in [-0.1, -0.05) is 18.2 Å². The SMILES string of the molecule is CC(=O)c1cccc(NN2C=CC=C(C(N)=O)C2)c1. The lowest BCUT2D eigenvalue weighted by Crippen LogP contribution is -2.32. The van der Waals surface area contributed by atoms with Crippen LogP contribution in [0.1, 0.15) is 17.3 Å². The van der Waals surface area contributed by atoms with Gasteiger partial charge in [0, 0.05) is 17.3 Å². The van der Waals surface area contributed by atoms with Crippen LogP contribution in [0.15, 0.2) is 48.2 Å². The number of primary amides is 1. The van der Waals surface area contributed by atoms with E-state index in [0.717, 1.165) is 5.69 Å². The number of allylic oxidation sites excluding steroid dienone is 2. The van der Waals surface area contributed by atoms with Gasteiger partial charge in [0.25, 0.3) is 0 Å². The van der Waals surface area contributed by atoms with Crippen molar-refractivity contribution in [3.63, 3.8) is 0 Å². The number of Topliss-reactive ketones (excluding diaryl/α,β-unsaturated/α-hetero) is 1. The summed E-state index contributed by atoms with van der Waals surface area (Å²) in [4.78, 5) is 22.4. The highest BCUT2D eigenvalue weighted by atomic mass is 16.1. The molecule has 5 heteroatoms. The Hall–Kier alpha value is -2.56. The molecule has 0 aliphatic carbocycles. The van der Waals surface area contributed by atoms with Gasteiger partial charge in [-0.15, -0.1) is 0 Å². The number of rotatable bonds is 4. The Kier molecular flexibility index (Phi) is 3.66. The van der Waals surface area contributed by atoms with Gasteiger partial charge in [-0.3, -0.25) is 20.0 Å². The number of hydrazine groups is 1. The largest absolute Gasteiger partial charge is 0.366 e. The second-order valence-corrected chi connectivity index (χ2v) is 4.27. The summed E-state index contributed by atoms with van der Waals surface area (Å²) in [6.07, 6.45) is 5.23. The fraction of sp³-hybridized carbons (Fsp3) is 0.143. The maximum Gasteiger partial charge on any atom is 0.246 e. The van der Waals surface area contributed by atoms with Crippen molar-refractivity contribution in [2.75, 3.05) is 12.0 Å². The van der Waals surface area contributed by atoms with Crippen molar-refractivity contribution in [1.82, 2.24) is 5.01 Å². The summed E-state index contributed by atoms with van der Waals surface area (Å²) in [6, 6.07) is 7.17. The number of anilines is 1. The molecule has 1 aromatic carbocycles. The molecule has 0 radical (unpaired) electrons. The minimum absolute atomic E-state index is 0.00978. The highest BCUT2D eigenvalue weighted by molar-refractivity contribution is 5.95. The van der Waals surface area contributed by atoms with Crippen LogP contribution in [0.2, 0.25) is 0 Å². The third-order valence-electron chi connectivity index (χ3n) is 2.76. The van der Waals surface area contributed by atoms with Gasteiger partial charge >= 0.3 is 0 Å². The van der Waals surface area contributed by atoms with E-state index >= 15 is 0 Å². The summed E-state index contributed by atoms with van der Waals surface area (Å²) in [6.45, 7) is 1.91. The normalized spacial score (nSPS) is 13.9. The van der Waals surface area contributed by atoms with Gasteiger partial charge in [-0.05, 0) is 25.1 Å². The molecule has 0 atom stereocenters. The summed E-state index contributed by atoms with van der Waals surface area (Å²) >= 11 is 0. The van der Waals surface area contributed by atoms with Crippen LogP contribution in [0.4, 0.5) is 5.69 Å². The van der Waals surface area contributed by atoms with Crippen LogP contribution in [-0.4, -0.2) is 23.2 Å². The Labute approximate surface area is 111 Å². The quantitative estimate of drug-likeness (QED) is 0.801. The molecule has 0 aromatic heterocycles. The van der Waals surface area contributed by atoms with E-state index in [-0.39, 0.29) is 5.78 Å². The topological polar surface area (TPSA) is 75.4 Å². The number of hydrogen-bond donors (Lipinski definition) is 2. The zero-order chi connectivity index (χ0) is 13.8. The molecule has 0 bridgehead atoms. The molecule has 5 nitrogen and oxygen atoms in total. The van der Waals surface area contributed by atoms with E-state index in [9.17, 15) is 9.59 Å². The minimum atomic E-state index is -0.436. The van der Waals surface area contributed by atoms with E-state index in [0.29, 0.717) is 17.7 Å². The second kappa shape index (κ2) is 5.39. The smallest absolute Gasteiger partial charge is 0.246 e. The number of amides is 1. The first kappa shape index (κ1) is 12.9. The van der Waals surface area contributed by atoms with E-state index in [2.05, 4.69) is 5.43 Å². The monoisotopic (exact) mass is 257 g/mol. The maximum atomic E-state index is 11.3. The summed E-state index contributed by atoms with van der Waals surface area (Å²) in [5, 5.41) is 1.74. The molecule has 2 rings (SSSR count). The van der Waals surface area contributed by atoms with E-state index in [1.165, 1.54) is 6.92 Å². The Morgan fingerprint density at radius 3 is 2.84 bits per heavy atom. The van der Waals surface area contributed by atoms with E-state index in [4.69, 9.17) is 5.73 Å². The first-order chi connectivity index (χ1) is 9.06. The van der Waals surface area contributed by atoms with Crippen molar-refractivity contribution >= 4 is 17.4 Å². The van der Waals surface area contributed by atoms with Crippen LogP contribution in [0.3, 0.4) is 0 Å². The molecule has 1 amide bonds. The van der Waals surface area contributed by atoms with Gasteiger partial charge in [0.15, 0.2) is 5.78 Å². The highest BCUT2D eigenvalue weighted by Crippen LogP contribution is 2.14. The fourth-order valence-electron chi connectivity index (χ4n) is 1.76. The Bertz CT molecular complexity index is 576. The second-order valence-electron chi connectivity index (χ2n) is 4.27. The molecule has 19 heavy (non-hydrogen) atoms. The minimum Gasteiger partial charge on any atom is -0.366 e. The molecule has 0 unspecified atom stereocenters. The van der Waals surface area contributed by atoms with E-state index in [1.807, 2.05) is 6.07 Å². The molecule has 1 aromatic rings. The maximum absolute atomic E-state index is 11.3. The molecule has 1 aliphatic heterocycles. The van der Waals surface area contributed by atoms with Gasteiger partial charge < -0.3 is 5.73 Å². The van der Waals surface area contributed by atoms with E-state index < -0.39 is 5.91 Å². The average molecular weight is 257 g/mol. The Balaban J connectivity index is 2.09. The lowest BCUT2D eigenvalue weighted by molar-refractivity contribution is -0.114. The highest BCUT2D eigenvalue weighted by Gasteiger charge is 2.12. The number of carbonyl (C=O) groups excluding carboxylic acids is 2. The third kappa shape index (κ3) is 3.22. The van der Waals surface area contributed by atoms with Crippen LogP contribution < -0.4 is 11.2 Å². The van der Waals surface area contributed by atoms with Gasteiger partial charge in [0.1, 0.15) is 0 Å². The van der Waals surface area contributed by atoms with Crippen molar-refractivity contribution in [1.29, 1.82) is 0 Å². The summed E-state index contributed by atoms with van der Waals surface area (Å²) in [7, 11) is 0. The van der Waals surface area contributed by atoms with Crippen LogP contribution in [0, 0.1) is 0 Å². The molecule has 0 fully saturated rings. The number of benzene rings is 1. The summed E-state index contributed by atoms with van der Waals surface area (Å²) < 4.78 is 0. The Morgan fingerprint density at radius 1 is 1.37 bits per heavy atom. The van der Waals surface area contributed by atoms with Crippen molar-refractivity contribution in [3.05, 3.63) is 53.8 Å². The predicted octanol–water partition coefficient (Wildman–Crippen LogP) is 1.46. The predicted molar refractivity (Wildman–Crippen MR) is 73.2 cm³/mol. The number of hydrogen-bond acceptors (Lipinski definition) is 4. The summed E-state index contributed by atoms with van der Waals surface area (Å²) in [5.74, 6) is -0.427. The zero-order valence-corrected chi connectivity index (χ0v) is 10.6. The molecule has 0 saturated heterocycles. The number of carbonyl (C=O) groups is 2. The zero-order valence-electron chi connectivity index (χ0n) is 10.6.